The summed E-state index contributed by atoms with van der Waals surface area (Å²) in [4.78, 5) is 27.6. The Morgan fingerprint density at radius 1 is 1.13 bits per heavy atom. The molecule has 2 amide bonds. The number of pyridine rings is 1. The van der Waals surface area contributed by atoms with Gasteiger partial charge in [-0.15, -0.1) is 11.8 Å². The molecule has 9 heteroatoms. The van der Waals surface area contributed by atoms with Crippen molar-refractivity contribution in [3.8, 4) is 11.4 Å². The van der Waals surface area contributed by atoms with Crippen molar-refractivity contribution in [2.75, 3.05) is 43.6 Å². The molecule has 4 rings (SSSR count). The van der Waals surface area contributed by atoms with Crippen molar-refractivity contribution >= 4 is 29.3 Å². The Bertz CT molecular complexity index is 1010. The SMILES string of the molecule is CNC(=O)Nc1ccc(-c2nc(CSc3cc[nH+]cc3)cc(N3CCOCC3)n2)cc1. The number of aromatic amines is 1. The first-order valence-electron chi connectivity index (χ1n) is 10.1. The predicted octanol–water partition coefficient (Wildman–Crippen LogP) is 2.84. The number of carbonyl (C=O) groups is 1. The first-order valence-corrected chi connectivity index (χ1v) is 11.1. The second kappa shape index (κ2) is 10.2. The summed E-state index contributed by atoms with van der Waals surface area (Å²) in [5.41, 5.74) is 2.58. The maximum Gasteiger partial charge on any atom is 0.318 e. The fourth-order valence-electron chi connectivity index (χ4n) is 3.16. The minimum atomic E-state index is -0.254. The fraction of sp³-hybridized carbons (Fsp3) is 0.273. The van der Waals surface area contributed by atoms with E-state index in [1.807, 2.05) is 48.8 Å². The van der Waals surface area contributed by atoms with E-state index in [1.165, 1.54) is 4.90 Å². The normalized spacial score (nSPS) is 13.6. The van der Waals surface area contributed by atoms with E-state index in [0.29, 0.717) is 24.7 Å². The van der Waals surface area contributed by atoms with Gasteiger partial charge in [0.25, 0.3) is 0 Å². The maximum absolute atomic E-state index is 11.5. The van der Waals surface area contributed by atoms with Gasteiger partial charge in [-0.25, -0.2) is 19.7 Å². The summed E-state index contributed by atoms with van der Waals surface area (Å²) >= 11 is 1.74. The van der Waals surface area contributed by atoms with Crippen molar-refractivity contribution in [2.45, 2.75) is 10.6 Å². The number of nitrogens with one attached hydrogen (secondary N) is 3. The summed E-state index contributed by atoms with van der Waals surface area (Å²) in [5, 5.41) is 5.31. The third kappa shape index (κ3) is 5.71. The standard InChI is InChI=1S/C22H24N6O2S/c1-23-22(29)26-17-4-2-16(3-5-17)21-25-18(15-31-19-6-8-24-9-7-19)14-20(27-21)28-10-12-30-13-11-28/h2-9,14H,10-13,15H2,1H3,(H2,23,26,29)/p+1. The van der Waals surface area contributed by atoms with E-state index >= 15 is 0 Å². The van der Waals surface area contributed by atoms with Crippen LogP contribution in [0.1, 0.15) is 5.69 Å². The van der Waals surface area contributed by atoms with E-state index < -0.39 is 0 Å². The summed E-state index contributed by atoms with van der Waals surface area (Å²) in [6.07, 6.45) is 3.84. The highest BCUT2D eigenvalue weighted by Crippen LogP contribution is 2.26. The molecule has 1 aromatic carbocycles. The molecule has 3 aromatic rings. The number of amides is 2. The van der Waals surface area contributed by atoms with Gasteiger partial charge >= 0.3 is 6.03 Å². The number of H-pyrrole nitrogens is 1. The maximum atomic E-state index is 11.5. The molecule has 31 heavy (non-hydrogen) atoms. The number of carbonyl (C=O) groups excluding carboxylic acids is 1. The second-order valence-electron chi connectivity index (χ2n) is 6.95. The molecule has 1 aliphatic heterocycles. The van der Waals surface area contributed by atoms with Gasteiger partial charge in [0.15, 0.2) is 18.2 Å². The van der Waals surface area contributed by atoms with Gasteiger partial charge in [-0.05, 0) is 24.3 Å². The molecule has 0 atom stereocenters. The number of benzene rings is 1. The first kappa shape index (κ1) is 21.1. The van der Waals surface area contributed by atoms with Crippen LogP contribution in [-0.4, -0.2) is 49.4 Å². The van der Waals surface area contributed by atoms with Crippen molar-refractivity contribution in [1.82, 2.24) is 15.3 Å². The molecule has 0 bridgehead atoms. The zero-order valence-electron chi connectivity index (χ0n) is 17.3. The van der Waals surface area contributed by atoms with Crippen LogP contribution in [0.2, 0.25) is 0 Å². The lowest BCUT2D eigenvalue weighted by Gasteiger charge is -2.28. The first-order chi connectivity index (χ1) is 15.2. The third-order valence-corrected chi connectivity index (χ3v) is 5.85. The zero-order chi connectivity index (χ0) is 21.5. The average Bonchev–Trinajstić information content (AvgIpc) is 2.84. The van der Waals surface area contributed by atoms with Crippen molar-refractivity contribution in [1.29, 1.82) is 0 Å². The predicted molar refractivity (Wildman–Crippen MR) is 121 cm³/mol. The molecular formula is C22H25N6O2S+. The summed E-state index contributed by atoms with van der Waals surface area (Å²) in [5.74, 6) is 2.33. The number of anilines is 2. The lowest BCUT2D eigenvalue weighted by atomic mass is 10.2. The van der Waals surface area contributed by atoms with E-state index in [0.717, 1.165) is 35.9 Å². The van der Waals surface area contributed by atoms with Crippen LogP contribution in [0.3, 0.4) is 0 Å². The summed E-state index contributed by atoms with van der Waals surface area (Å²) in [6, 6.07) is 13.5. The minimum Gasteiger partial charge on any atom is -0.378 e. The Morgan fingerprint density at radius 2 is 1.87 bits per heavy atom. The van der Waals surface area contributed by atoms with E-state index in [2.05, 4.69) is 26.6 Å². The van der Waals surface area contributed by atoms with Gasteiger partial charge in [-0.2, -0.15) is 0 Å². The van der Waals surface area contributed by atoms with Crippen molar-refractivity contribution < 1.29 is 14.5 Å². The van der Waals surface area contributed by atoms with Crippen molar-refractivity contribution in [2.24, 2.45) is 0 Å². The Labute approximate surface area is 185 Å². The van der Waals surface area contributed by atoms with Gasteiger partial charge in [-0.1, -0.05) is 0 Å². The number of urea groups is 1. The topological polar surface area (TPSA) is 93.5 Å². The molecule has 0 unspecified atom stereocenters. The molecule has 0 radical (unpaired) electrons. The van der Waals surface area contributed by atoms with Gasteiger partial charge < -0.3 is 20.3 Å². The highest BCUT2D eigenvalue weighted by Gasteiger charge is 2.16. The number of thioether (sulfide) groups is 1. The fourth-order valence-corrected chi connectivity index (χ4v) is 3.95. The summed E-state index contributed by atoms with van der Waals surface area (Å²) in [6.45, 7) is 3.02. The Balaban J connectivity index is 1.59. The molecule has 8 nitrogen and oxygen atoms in total. The quantitative estimate of drug-likeness (QED) is 0.576. The minimum absolute atomic E-state index is 0.254. The molecular weight excluding hydrogens is 412 g/mol. The number of hydrogen-bond donors (Lipinski definition) is 2. The molecule has 1 fully saturated rings. The molecule has 0 saturated carbocycles. The van der Waals surface area contributed by atoms with Crippen LogP contribution in [0, 0.1) is 0 Å². The van der Waals surface area contributed by atoms with E-state index in [1.54, 1.807) is 18.8 Å². The van der Waals surface area contributed by atoms with Crippen LogP contribution in [0.4, 0.5) is 16.3 Å². The van der Waals surface area contributed by atoms with Crippen LogP contribution in [0.15, 0.2) is 59.8 Å². The molecule has 3 heterocycles. The molecule has 160 valence electrons. The molecule has 1 saturated heterocycles. The van der Waals surface area contributed by atoms with Gasteiger partial charge in [0.2, 0.25) is 0 Å². The number of nitrogens with zero attached hydrogens (tertiary/aromatic N) is 3. The van der Waals surface area contributed by atoms with E-state index in [-0.39, 0.29) is 6.03 Å². The number of hydrogen-bond acceptors (Lipinski definition) is 6. The van der Waals surface area contributed by atoms with Crippen LogP contribution < -0.4 is 20.5 Å². The van der Waals surface area contributed by atoms with Gasteiger partial charge in [-0.3, -0.25) is 0 Å². The third-order valence-electron chi connectivity index (χ3n) is 4.80. The van der Waals surface area contributed by atoms with Crippen LogP contribution in [0.5, 0.6) is 0 Å². The monoisotopic (exact) mass is 437 g/mol. The molecule has 0 spiro atoms. The zero-order valence-corrected chi connectivity index (χ0v) is 18.1. The Kier molecular flexibility index (Phi) is 6.96. The lowest BCUT2D eigenvalue weighted by molar-refractivity contribution is -0.378. The number of ether oxygens (including phenoxy) is 1. The van der Waals surface area contributed by atoms with Crippen molar-refractivity contribution in [3.05, 3.63) is 60.6 Å². The van der Waals surface area contributed by atoms with Crippen LogP contribution in [0.25, 0.3) is 11.4 Å². The lowest BCUT2D eigenvalue weighted by Crippen LogP contribution is -2.37. The second-order valence-corrected chi connectivity index (χ2v) is 8.00. The highest BCUT2D eigenvalue weighted by molar-refractivity contribution is 7.98. The highest BCUT2D eigenvalue weighted by atomic mass is 32.2. The molecule has 2 aromatic heterocycles. The van der Waals surface area contributed by atoms with E-state index in [9.17, 15) is 4.79 Å². The number of rotatable bonds is 6. The molecule has 0 aliphatic carbocycles. The molecule has 1 aliphatic rings. The van der Waals surface area contributed by atoms with E-state index in [4.69, 9.17) is 14.7 Å². The smallest absolute Gasteiger partial charge is 0.318 e. The summed E-state index contributed by atoms with van der Waals surface area (Å²) in [7, 11) is 1.59. The molecule has 3 N–H and O–H groups in total. The van der Waals surface area contributed by atoms with Crippen LogP contribution in [-0.2, 0) is 10.5 Å². The Hall–Kier alpha value is -3.17. The largest absolute Gasteiger partial charge is 0.378 e. The number of morpholine rings is 1. The van der Waals surface area contributed by atoms with Gasteiger partial charge in [0, 0.05) is 60.2 Å². The van der Waals surface area contributed by atoms with Gasteiger partial charge in [0.1, 0.15) is 5.82 Å². The average molecular weight is 438 g/mol. The van der Waals surface area contributed by atoms with Crippen LogP contribution >= 0.6 is 11.8 Å². The Morgan fingerprint density at radius 3 is 2.58 bits per heavy atom. The number of aromatic nitrogens is 3. The summed E-state index contributed by atoms with van der Waals surface area (Å²) < 4.78 is 5.49. The van der Waals surface area contributed by atoms with Gasteiger partial charge in [0.05, 0.1) is 18.9 Å². The van der Waals surface area contributed by atoms with Crippen molar-refractivity contribution in [3.63, 3.8) is 0 Å².